The van der Waals surface area contributed by atoms with Crippen LogP contribution in [0.1, 0.15) is 21.7 Å². The second-order valence-corrected chi connectivity index (χ2v) is 4.31. The second kappa shape index (κ2) is 7.33. The number of nitriles is 2. The molecule has 0 saturated carbocycles. The standard InChI is InChI=1S/C15H10N6O3/c1-24-15(23)12(18-14(22)10-5-3-2-4-6-10)9-21-13(8-17)11(7-16)19-20-21/h2-6,9H,1H3,(H,18,22)/b12-9+. The van der Waals surface area contributed by atoms with Crippen LogP contribution in [0.15, 0.2) is 36.0 Å². The molecular formula is C15H10N6O3. The molecule has 1 amide bonds. The van der Waals surface area contributed by atoms with Crippen LogP contribution >= 0.6 is 0 Å². The lowest BCUT2D eigenvalue weighted by Gasteiger charge is -2.08. The highest BCUT2D eigenvalue weighted by Crippen LogP contribution is 2.07. The van der Waals surface area contributed by atoms with E-state index in [9.17, 15) is 9.59 Å². The first-order valence-electron chi connectivity index (χ1n) is 6.52. The first-order chi connectivity index (χ1) is 11.6. The van der Waals surface area contributed by atoms with Crippen LogP contribution in [-0.2, 0) is 9.53 Å². The van der Waals surface area contributed by atoms with E-state index in [1.165, 1.54) is 0 Å². The fourth-order valence-corrected chi connectivity index (χ4v) is 1.72. The Bertz CT molecular complexity index is 886. The number of aromatic nitrogens is 3. The molecule has 9 nitrogen and oxygen atoms in total. The topological polar surface area (TPSA) is 134 Å². The maximum absolute atomic E-state index is 12.2. The van der Waals surface area contributed by atoms with E-state index in [1.807, 2.05) is 0 Å². The van der Waals surface area contributed by atoms with Gasteiger partial charge in [0.1, 0.15) is 17.8 Å². The molecule has 0 aliphatic heterocycles. The molecule has 118 valence electrons. The van der Waals surface area contributed by atoms with E-state index in [0.29, 0.717) is 5.56 Å². The van der Waals surface area contributed by atoms with Crippen LogP contribution < -0.4 is 5.32 Å². The summed E-state index contributed by atoms with van der Waals surface area (Å²) in [6.07, 6.45) is 1.05. The molecule has 2 rings (SSSR count). The van der Waals surface area contributed by atoms with E-state index in [-0.39, 0.29) is 17.1 Å². The van der Waals surface area contributed by atoms with E-state index in [1.54, 1.807) is 42.5 Å². The smallest absolute Gasteiger partial charge is 0.356 e. The highest BCUT2D eigenvalue weighted by Gasteiger charge is 2.18. The van der Waals surface area contributed by atoms with E-state index in [4.69, 9.17) is 10.5 Å². The lowest BCUT2D eigenvalue weighted by molar-refractivity contribution is -0.136. The van der Waals surface area contributed by atoms with Crippen LogP contribution in [-0.4, -0.2) is 34.0 Å². The Morgan fingerprint density at radius 1 is 1.25 bits per heavy atom. The molecule has 1 heterocycles. The van der Waals surface area contributed by atoms with Crippen molar-refractivity contribution in [3.63, 3.8) is 0 Å². The molecule has 0 radical (unpaired) electrons. The second-order valence-electron chi connectivity index (χ2n) is 4.31. The SMILES string of the molecule is COC(=O)/C(=C\n1nnc(C#N)c1C#N)NC(=O)c1ccccc1. The monoisotopic (exact) mass is 322 g/mol. The van der Waals surface area contributed by atoms with Crippen molar-refractivity contribution >= 4 is 18.1 Å². The molecule has 24 heavy (non-hydrogen) atoms. The van der Waals surface area contributed by atoms with Crippen LogP contribution in [0.4, 0.5) is 0 Å². The van der Waals surface area contributed by atoms with Crippen molar-refractivity contribution in [1.82, 2.24) is 20.3 Å². The zero-order valence-corrected chi connectivity index (χ0v) is 12.4. The third-order valence-corrected chi connectivity index (χ3v) is 2.85. The summed E-state index contributed by atoms with van der Waals surface area (Å²) < 4.78 is 5.51. The Morgan fingerprint density at radius 2 is 1.96 bits per heavy atom. The number of benzene rings is 1. The predicted molar refractivity (Wildman–Crippen MR) is 79.6 cm³/mol. The Hall–Kier alpha value is -3.98. The Morgan fingerprint density at radius 3 is 2.54 bits per heavy atom. The summed E-state index contributed by atoms with van der Waals surface area (Å²) >= 11 is 0. The van der Waals surface area contributed by atoms with E-state index in [0.717, 1.165) is 18.0 Å². The fourth-order valence-electron chi connectivity index (χ4n) is 1.72. The van der Waals surface area contributed by atoms with Gasteiger partial charge >= 0.3 is 5.97 Å². The zero-order chi connectivity index (χ0) is 17.5. The van der Waals surface area contributed by atoms with Gasteiger partial charge in [0.05, 0.1) is 13.3 Å². The van der Waals surface area contributed by atoms with Crippen LogP contribution in [0.3, 0.4) is 0 Å². The highest BCUT2D eigenvalue weighted by molar-refractivity contribution is 6.02. The summed E-state index contributed by atoms with van der Waals surface area (Å²) in [7, 11) is 1.14. The Kier molecular flexibility index (Phi) is 5.01. The number of hydrogen-bond acceptors (Lipinski definition) is 7. The van der Waals surface area contributed by atoms with Gasteiger partial charge in [-0.3, -0.25) is 4.79 Å². The minimum Gasteiger partial charge on any atom is -0.464 e. The number of nitrogens with zero attached hydrogens (tertiary/aromatic N) is 5. The number of carbonyl (C=O) groups is 2. The minimum atomic E-state index is -0.850. The number of carbonyl (C=O) groups excluding carboxylic acids is 2. The summed E-state index contributed by atoms with van der Waals surface area (Å²) in [4.78, 5) is 24.0. The highest BCUT2D eigenvalue weighted by atomic mass is 16.5. The molecule has 0 aliphatic rings. The van der Waals surface area contributed by atoms with Crippen LogP contribution in [0.2, 0.25) is 0 Å². The molecule has 0 aliphatic carbocycles. The van der Waals surface area contributed by atoms with Gasteiger partial charge in [0.25, 0.3) is 5.91 Å². The van der Waals surface area contributed by atoms with E-state index < -0.39 is 11.9 Å². The number of hydrogen-bond donors (Lipinski definition) is 1. The van der Waals surface area contributed by atoms with Crippen molar-refractivity contribution in [2.75, 3.05) is 7.11 Å². The normalized spacial score (nSPS) is 10.4. The number of ether oxygens (including phenoxy) is 1. The maximum Gasteiger partial charge on any atom is 0.356 e. The lowest BCUT2D eigenvalue weighted by Crippen LogP contribution is -2.28. The van der Waals surface area contributed by atoms with Crippen molar-refractivity contribution in [3.8, 4) is 12.1 Å². The van der Waals surface area contributed by atoms with Crippen molar-refractivity contribution in [2.24, 2.45) is 0 Å². The van der Waals surface area contributed by atoms with Gasteiger partial charge in [0, 0.05) is 5.56 Å². The van der Waals surface area contributed by atoms with Gasteiger partial charge in [-0.1, -0.05) is 23.4 Å². The molecule has 1 N–H and O–H groups in total. The summed E-state index contributed by atoms with van der Waals surface area (Å²) in [5.74, 6) is -1.40. The average Bonchev–Trinajstić information content (AvgIpc) is 3.02. The van der Waals surface area contributed by atoms with Gasteiger partial charge in [-0.15, -0.1) is 5.10 Å². The average molecular weight is 322 g/mol. The van der Waals surface area contributed by atoms with E-state index >= 15 is 0 Å². The quantitative estimate of drug-likeness (QED) is 0.637. The molecule has 0 fully saturated rings. The first-order valence-corrected chi connectivity index (χ1v) is 6.52. The third-order valence-electron chi connectivity index (χ3n) is 2.85. The lowest BCUT2D eigenvalue weighted by atomic mass is 10.2. The van der Waals surface area contributed by atoms with Crippen LogP contribution in [0, 0.1) is 22.7 Å². The summed E-state index contributed by atoms with van der Waals surface area (Å²) in [6, 6.07) is 11.7. The maximum atomic E-state index is 12.2. The van der Waals surface area contributed by atoms with Gasteiger partial charge in [-0.05, 0) is 12.1 Å². The van der Waals surface area contributed by atoms with Crippen molar-refractivity contribution in [2.45, 2.75) is 0 Å². The number of esters is 1. The third kappa shape index (κ3) is 3.43. The minimum absolute atomic E-state index is 0.173. The van der Waals surface area contributed by atoms with Gasteiger partial charge in [-0.25, -0.2) is 9.48 Å². The zero-order valence-electron chi connectivity index (χ0n) is 12.4. The molecular weight excluding hydrogens is 312 g/mol. The molecule has 0 bridgehead atoms. The summed E-state index contributed by atoms with van der Waals surface area (Å²) in [5, 5.41) is 27.4. The van der Waals surface area contributed by atoms with Crippen molar-refractivity contribution in [1.29, 1.82) is 10.5 Å². The first kappa shape index (κ1) is 16.4. The Balaban J connectivity index is 2.38. The number of methoxy groups -OCH3 is 1. The predicted octanol–water partition coefficient (Wildman–Crippen LogP) is 0.423. The molecule has 2 aromatic rings. The van der Waals surface area contributed by atoms with Gasteiger partial charge in [0.15, 0.2) is 5.69 Å². The number of rotatable bonds is 4. The summed E-state index contributed by atoms with van der Waals surface area (Å²) in [5.41, 5.74) is -0.318. The summed E-state index contributed by atoms with van der Waals surface area (Å²) in [6.45, 7) is 0. The van der Waals surface area contributed by atoms with E-state index in [2.05, 4.69) is 20.4 Å². The molecule has 0 atom stereocenters. The number of nitrogens with one attached hydrogen (secondary N) is 1. The molecule has 1 aromatic heterocycles. The van der Waals surface area contributed by atoms with Crippen LogP contribution in [0.25, 0.3) is 6.20 Å². The molecule has 0 spiro atoms. The Labute approximate surface area is 136 Å². The molecule has 0 saturated heterocycles. The van der Waals surface area contributed by atoms with Crippen molar-refractivity contribution in [3.05, 3.63) is 53.0 Å². The van der Waals surface area contributed by atoms with Gasteiger partial charge < -0.3 is 10.1 Å². The molecule has 9 heteroatoms. The molecule has 1 aromatic carbocycles. The fraction of sp³-hybridized carbons (Fsp3) is 0.0667. The number of amides is 1. The molecule has 0 unspecified atom stereocenters. The van der Waals surface area contributed by atoms with Gasteiger partial charge in [-0.2, -0.15) is 10.5 Å². The largest absolute Gasteiger partial charge is 0.464 e. The van der Waals surface area contributed by atoms with Gasteiger partial charge in [0.2, 0.25) is 5.69 Å². The van der Waals surface area contributed by atoms with Crippen LogP contribution in [0.5, 0.6) is 0 Å². The van der Waals surface area contributed by atoms with Crippen molar-refractivity contribution < 1.29 is 14.3 Å².